The third-order valence-corrected chi connectivity index (χ3v) is 3.26. The van der Waals surface area contributed by atoms with Crippen molar-refractivity contribution in [2.75, 3.05) is 0 Å². The number of aryl methyl sites for hydroxylation is 3. The van der Waals surface area contributed by atoms with Crippen molar-refractivity contribution in [1.29, 1.82) is 0 Å². The molecule has 1 N–H and O–H groups in total. The van der Waals surface area contributed by atoms with Crippen LogP contribution in [-0.2, 0) is 20.0 Å². The number of hydrogen-bond acceptors (Lipinski definition) is 4. The van der Waals surface area contributed by atoms with E-state index in [0.29, 0.717) is 12.1 Å². The van der Waals surface area contributed by atoms with Gasteiger partial charge >= 0.3 is 5.97 Å². The molecule has 0 unspecified atom stereocenters. The minimum atomic E-state index is -0.962. The summed E-state index contributed by atoms with van der Waals surface area (Å²) in [5, 5.41) is 21.1. The van der Waals surface area contributed by atoms with E-state index in [-0.39, 0.29) is 5.56 Å². The number of benzene rings is 1. The molecule has 20 heavy (non-hydrogen) atoms. The Morgan fingerprint density at radius 3 is 2.90 bits per heavy atom. The molecule has 102 valence electrons. The van der Waals surface area contributed by atoms with Crippen LogP contribution < -0.4 is 0 Å². The Kier molecular flexibility index (Phi) is 2.94. The summed E-state index contributed by atoms with van der Waals surface area (Å²) in [7, 11) is 1.90. The fraction of sp³-hybridized carbons (Fsp3) is 0.231. The Labute approximate surface area is 114 Å². The molecule has 0 radical (unpaired) electrons. The van der Waals surface area contributed by atoms with E-state index in [2.05, 4.69) is 15.4 Å². The molecule has 0 atom stereocenters. The first-order valence-electron chi connectivity index (χ1n) is 6.18. The average molecular weight is 271 g/mol. The number of hydrogen-bond donors (Lipinski definition) is 1. The Morgan fingerprint density at radius 1 is 1.35 bits per heavy atom. The van der Waals surface area contributed by atoms with E-state index in [0.717, 1.165) is 17.6 Å². The number of carboxylic acid groups (broad SMARTS) is 1. The van der Waals surface area contributed by atoms with Gasteiger partial charge in [0, 0.05) is 31.9 Å². The second kappa shape index (κ2) is 4.76. The van der Waals surface area contributed by atoms with E-state index in [1.165, 1.54) is 6.07 Å². The molecule has 3 rings (SSSR count). The normalized spacial score (nSPS) is 11.1. The molecule has 0 aliphatic heterocycles. The van der Waals surface area contributed by atoms with Crippen molar-refractivity contribution < 1.29 is 9.90 Å². The van der Waals surface area contributed by atoms with Gasteiger partial charge < -0.3 is 5.11 Å². The smallest absolute Gasteiger partial charge is 0.335 e. The van der Waals surface area contributed by atoms with Crippen LogP contribution in [0.4, 0.5) is 0 Å². The quantitative estimate of drug-likeness (QED) is 0.768. The van der Waals surface area contributed by atoms with Gasteiger partial charge in [-0.15, -0.1) is 5.10 Å². The van der Waals surface area contributed by atoms with Gasteiger partial charge in [0.15, 0.2) is 0 Å². The van der Waals surface area contributed by atoms with Crippen molar-refractivity contribution >= 4 is 17.0 Å². The van der Waals surface area contributed by atoms with Crippen LogP contribution in [0.5, 0.6) is 0 Å². The molecule has 0 bridgehead atoms. The zero-order valence-electron chi connectivity index (χ0n) is 10.9. The molecule has 0 aliphatic carbocycles. The highest BCUT2D eigenvalue weighted by atomic mass is 16.4. The van der Waals surface area contributed by atoms with Gasteiger partial charge in [-0.1, -0.05) is 5.21 Å². The summed E-state index contributed by atoms with van der Waals surface area (Å²) in [6.45, 7) is 0.669. The summed E-state index contributed by atoms with van der Waals surface area (Å²) >= 11 is 0. The first-order valence-corrected chi connectivity index (χ1v) is 6.18. The summed E-state index contributed by atoms with van der Waals surface area (Å²) < 4.78 is 3.59. The topological polar surface area (TPSA) is 85.8 Å². The van der Waals surface area contributed by atoms with E-state index in [4.69, 9.17) is 5.11 Å². The first kappa shape index (κ1) is 12.3. The summed E-state index contributed by atoms with van der Waals surface area (Å²) in [6, 6.07) is 6.80. The van der Waals surface area contributed by atoms with Crippen LogP contribution in [0.25, 0.3) is 11.0 Å². The first-order chi connectivity index (χ1) is 9.65. The van der Waals surface area contributed by atoms with Gasteiger partial charge in [-0.2, -0.15) is 5.10 Å². The van der Waals surface area contributed by atoms with Gasteiger partial charge in [0.2, 0.25) is 0 Å². The molecular formula is C13H13N5O2. The average Bonchev–Trinajstić information content (AvgIpc) is 3.02. The SMILES string of the molecule is Cn1nccc1CCn1nnc2cc(C(=O)O)ccc21. The predicted octanol–water partition coefficient (Wildman–Crippen LogP) is 1.11. The number of carbonyl (C=O) groups is 1. The van der Waals surface area contributed by atoms with Crippen LogP contribution >= 0.6 is 0 Å². The number of carboxylic acids is 1. The lowest BCUT2D eigenvalue weighted by Gasteiger charge is -2.03. The van der Waals surface area contributed by atoms with Gasteiger partial charge in [-0.05, 0) is 24.3 Å². The van der Waals surface area contributed by atoms with Crippen LogP contribution in [0, 0.1) is 0 Å². The van der Waals surface area contributed by atoms with Gasteiger partial charge in [-0.3, -0.25) is 4.68 Å². The number of fused-ring (bicyclic) bond motifs is 1. The zero-order valence-corrected chi connectivity index (χ0v) is 10.9. The molecule has 0 aliphatic rings. The van der Waals surface area contributed by atoms with E-state index in [9.17, 15) is 4.79 Å². The zero-order chi connectivity index (χ0) is 14.1. The van der Waals surface area contributed by atoms with Crippen LogP contribution in [0.3, 0.4) is 0 Å². The molecule has 0 saturated carbocycles. The maximum absolute atomic E-state index is 10.9. The van der Waals surface area contributed by atoms with Crippen molar-refractivity contribution in [2.45, 2.75) is 13.0 Å². The van der Waals surface area contributed by atoms with Crippen molar-refractivity contribution in [3.8, 4) is 0 Å². The Morgan fingerprint density at radius 2 is 2.20 bits per heavy atom. The third-order valence-electron chi connectivity index (χ3n) is 3.26. The van der Waals surface area contributed by atoms with Crippen LogP contribution in [0.15, 0.2) is 30.5 Å². The largest absolute Gasteiger partial charge is 0.478 e. The molecule has 3 aromatic rings. The minimum absolute atomic E-state index is 0.219. The van der Waals surface area contributed by atoms with Gasteiger partial charge in [-0.25, -0.2) is 9.48 Å². The summed E-state index contributed by atoms with van der Waals surface area (Å²) in [4.78, 5) is 10.9. The summed E-state index contributed by atoms with van der Waals surface area (Å²) in [6.07, 6.45) is 2.55. The van der Waals surface area contributed by atoms with Crippen LogP contribution in [-0.4, -0.2) is 35.9 Å². The lowest BCUT2D eigenvalue weighted by molar-refractivity contribution is 0.0697. The van der Waals surface area contributed by atoms with E-state index in [1.807, 2.05) is 17.8 Å². The number of aromatic nitrogens is 5. The molecule has 7 nitrogen and oxygen atoms in total. The van der Waals surface area contributed by atoms with Crippen molar-refractivity contribution in [3.05, 3.63) is 41.7 Å². The Hall–Kier alpha value is -2.70. The molecule has 0 fully saturated rings. The molecule has 2 aromatic heterocycles. The molecule has 0 spiro atoms. The van der Waals surface area contributed by atoms with Gasteiger partial charge in [0.05, 0.1) is 11.1 Å². The third kappa shape index (κ3) is 2.13. The molecule has 0 amide bonds. The highest BCUT2D eigenvalue weighted by molar-refractivity contribution is 5.92. The highest BCUT2D eigenvalue weighted by Gasteiger charge is 2.09. The maximum Gasteiger partial charge on any atom is 0.335 e. The summed E-state index contributed by atoms with van der Waals surface area (Å²) in [5.74, 6) is -0.962. The Balaban J connectivity index is 1.85. The van der Waals surface area contributed by atoms with E-state index in [1.54, 1.807) is 23.0 Å². The maximum atomic E-state index is 10.9. The van der Waals surface area contributed by atoms with Crippen LogP contribution in [0.2, 0.25) is 0 Å². The fourth-order valence-electron chi connectivity index (χ4n) is 2.14. The number of rotatable bonds is 4. The summed E-state index contributed by atoms with van der Waals surface area (Å²) in [5.41, 5.74) is 2.75. The van der Waals surface area contributed by atoms with Crippen LogP contribution in [0.1, 0.15) is 16.1 Å². The number of aromatic carboxylic acids is 1. The highest BCUT2D eigenvalue weighted by Crippen LogP contribution is 2.14. The standard InChI is InChI=1S/C13H13N5O2/c1-17-10(4-6-14-17)5-7-18-12-3-2-9(13(19)20)8-11(12)15-16-18/h2-4,6,8H,5,7H2,1H3,(H,19,20). The van der Waals surface area contributed by atoms with Gasteiger partial charge in [0.25, 0.3) is 0 Å². The predicted molar refractivity (Wildman–Crippen MR) is 71.4 cm³/mol. The van der Waals surface area contributed by atoms with Crippen molar-refractivity contribution in [2.24, 2.45) is 7.05 Å². The Bertz CT molecular complexity index is 774. The lowest BCUT2D eigenvalue weighted by atomic mass is 10.2. The van der Waals surface area contributed by atoms with Gasteiger partial charge in [0.1, 0.15) is 5.52 Å². The second-order valence-electron chi connectivity index (χ2n) is 4.52. The lowest BCUT2D eigenvalue weighted by Crippen LogP contribution is -2.07. The molecule has 1 aromatic carbocycles. The monoisotopic (exact) mass is 271 g/mol. The van der Waals surface area contributed by atoms with Crippen molar-refractivity contribution in [1.82, 2.24) is 24.8 Å². The van der Waals surface area contributed by atoms with E-state index < -0.39 is 5.97 Å². The molecule has 0 saturated heterocycles. The van der Waals surface area contributed by atoms with E-state index >= 15 is 0 Å². The second-order valence-corrected chi connectivity index (χ2v) is 4.52. The number of nitrogens with zero attached hydrogens (tertiary/aromatic N) is 5. The minimum Gasteiger partial charge on any atom is -0.478 e. The molecular weight excluding hydrogens is 258 g/mol. The molecule has 7 heteroatoms. The molecule has 2 heterocycles. The fourth-order valence-corrected chi connectivity index (χ4v) is 2.14. The van der Waals surface area contributed by atoms with Crippen molar-refractivity contribution in [3.63, 3.8) is 0 Å².